The van der Waals surface area contributed by atoms with Gasteiger partial charge < -0.3 is 19.1 Å². The molecular weight excluding hydrogens is 408 g/mol. The number of benzene rings is 1. The van der Waals surface area contributed by atoms with Crippen molar-refractivity contribution in [3.8, 4) is 11.8 Å². The van der Waals surface area contributed by atoms with E-state index >= 15 is 0 Å². The molecule has 32 heavy (non-hydrogen) atoms. The molecule has 0 saturated carbocycles. The van der Waals surface area contributed by atoms with Crippen LogP contribution in [0.2, 0.25) is 0 Å². The zero-order valence-electron chi connectivity index (χ0n) is 18.0. The Morgan fingerprint density at radius 1 is 1.09 bits per heavy atom. The molecule has 1 aliphatic heterocycles. The van der Waals surface area contributed by atoms with Gasteiger partial charge in [-0.15, -0.1) is 0 Å². The van der Waals surface area contributed by atoms with Gasteiger partial charge in [0.05, 0.1) is 25.6 Å². The maximum Gasteiger partial charge on any atom is 0.320 e. The standard InChI is InChI=1S/C23H26N6O3/c1-18-4-2-5-19(14-18)16-25-28-21-15-22(29-8-10-30-11-9-29)27-23(26-21)32-13-12-31-20-6-3-7-24-17-20/h2-7,14-17H,8-13H2,1H3,(H,26,27,28)/b25-16+. The van der Waals surface area contributed by atoms with Gasteiger partial charge in [-0.05, 0) is 24.6 Å². The molecule has 9 nitrogen and oxygen atoms in total. The normalized spacial score (nSPS) is 13.8. The fourth-order valence-corrected chi connectivity index (χ4v) is 3.14. The average Bonchev–Trinajstić information content (AvgIpc) is 2.83. The van der Waals surface area contributed by atoms with Crippen molar-refractivity contribution in [2.24, 2.45) is 5.10 Å². The van der Waals surface area contributed by atoms with E-state index in [1.807, 2.05) is 43.3 Å². The van der Waals surface area contributed by atoms with Crippen molar-refractivity contribution in [3.05, 3.63) is 66.0 Å². The van der Waals surface area contributed by atoms with Crippen LogP contribution in [0.4, 0.5) is 11.6 Å². The third kappa shape index (κ3) is 6.39. The van der Waals surface area contributed by atoms with Crippen LogP contribution in [0.25, 0.3) is 0 Å². The molecular formula is C23H26N6O3. The van der Waals surface area contributed by atoms with Crippen LogP contribution in [0.3, 0.4) is 0 Å². The van der Waals surface area contributed by atoms with E-state index in [0.29, 0.717) is 38.0 Å². The first-order valence-corrected chi connectivity index (χ1v) is 10.5. The molecule has 0 atom stereocenters. The summed E-state index contributed by atoms with van der Waals surface area (Å²) in [5, 5.41) is 4.32. The molecule has 1 aromatic carbocycles. The van der Waals surface area contributed by atoms with E-state index in [0.717, 1.165) is 24.5 Å². The maximum absolute atomic E-state index is 5.76. The second-order valence-electron chi connectivity index (χ2n) is 7.16. The van der Waals surface area contributed by atoms with E-state index in [9.17, 15) is 0 Å². The van der Waals surface area contributed by atoms with Crippen LogP contribution in [-0.2, 0) is 4.74 Å². The van der Waals surface area contributed by atoms with Gasteiger partial charge in [-0.2, -0.15) is 15.1 Å². The number of rotatable bonds is 9. The van der Waals surface area contributed by atoms with Crippen molar-refractivity contribution in [1.29, 1.82) is 0 Å². The Labute approximate surface area is 187 Å². The molecule has 1 saturated heterocycles. The predicted octanol–water partition coefficient (Wildman–Crippen LogP) is 2.92. The van der Waals surface area contributed by atoms with Crippen molar-refractivity contribution >= 4 is 17.9 Å². The van der Waals surface area contributed by atoms with Gasteiger partial charge in [0.15, 0.2) is 5.82 Å². The Hall–Kier alpha value is -3.72. The minimum atomic E-state index is 0.261. The molecule has 0 bridgehead atoms. The molecule has 0 unspecified atom stereocenters. The van der Waals surface area contributed by atoms with Crippen LogP contribution in [-0.4, -0.2) is 60.7 Å². The average molecular weight is 435 g/mol. The number of aromatic nitrogens is 3. The van der Waals surface area contributed by atoms with E-state index in [2.05, 4.69) is 36.4 Å². The molecule has 3 heterocycles. The minimum Gasteiger partial charge on any atom is -0.488 e. The number of ether oxygens (including phenoxy) is 3. The lowest BCUT2D eigenvalue weighted by Crippen LogP contribution is -2.36. The van der Waals surface area contributed by atoms with E-state index < -0.39 is 0 Å². The topological polar surface area (TPSA) is 94.0 Å². The monoisotopic (exact) mass is 434 g/mol. The van der Waals surface area contributed by atoms with Crippen LogP contribution in [0.1, 0.15) is 11.1 Å². The number of pyridine rings is 1. The number of aryl methyl sites for hydroxylation is 1. The van der Waals surface area contributed by atoms with Crippen molar-refractivity contribution < 1.29 is 14.2 Å². The molecule has 0 radical (unpaired) electrons. The number of anilines is 2. The summed E-state index contributed by atoms with van der Waals surface area (Å²) in [5.41, 5.74) is 5.17. The first-order valence-electron chi connectivity index (χ1n) is 10.5. The summed E-state index contributed by atoms with van der Waals surface area (Å²) in [4.78, 5) is 15.2. The molecule has 4 rings (SSSR count). The predicted molar refractivity (Wildman–Crippen MR) is 123 cm³/mol. The summed E-state index contributed by atoms with van der Waals surface area (Å²) in [5.74, 6) is 2.00. The second-order valence-corrected chi connectivity index (χ2v) is 7.16. The zero-order chi connectivity index (χ0) is 22.0. The van der Waals surface area contributed by atoms with Crippen molar-refractivity contribution in [1.82, 2.24) is 15.0 Å². The van der Waals surface area contributed by atoms with Crippen LogP contribution < -0.4 is 19.8 Å². The summed E-state index contributed by atoms with van der Waals surface area (Å²) in [7, 11) is 0. The van der Waals surface area contributed by atoms with E-state index in [1.54, 1.807) is 18.6 Å². The van der Waals surface area contributed by atoms with Gasteiger partial charge in [-0.3, -0.25) is 10.4 Å². The Kier molecular flexibility index (Phi) is 7.43. The summed E-state index contributed by atoms with van der Waals surface area (Å²) < 4.78 is 16.8. The van der Waals surface area contributed by atoms with Crippen molar-refractivity contribution in [2.75, 3.05) is 49.8 Å². The molecule has 1 N–H and O–H groups in total. The lowest BCUT2D eigenvalue weighted by atomic mass is 10.2. The molecule has 1 aliphatic rings. The Morgan fingerprint density at radius 2 is 1.97 bits per heavy atom. The van der Waals surface area contributed by atoms with Gasteiger partial charge in [-0.25, -0.2) is 0 Å². The molecule has 0 amide bonds. The molecule has 0 spiro atoms. The molecule has 2 aromatic heterocycles. The Bertz CT molecular complexity index is 1030. The number of nitrogens with one attached hydrogen (secondary N) is 1. The van der Waals surface area contributed by atoms with Crippen LogP contribution in [0, 0.1) is 6.92 Å². The lowest BCUT2D eigenvalue weighted by Gasteiger charge is -2.28. The van der Waals surface area contributed by atoms with Gasteiger partial charge in [0, 0.05) is 25.4 Å². The summed E-state index contributed by atoms with van der Waals surface area (Å²) >= 11 is 0. The number of nitrogens with zero attached hydrogens (tertiary/aromatic N) is 5. The molecule has 1 fully saturated rings. The Balaban J connectivity index is 1.42. The quantitative estimate of drug-likeness (QED) is 0.312. The lowest BCUT2D eigenvalue weighted by molar-refractivity contribution is 0.122. The summed E-state index contributed by atoms with van der Waals surface area (Å²) in [6, 6.07) is 13.9. The van der Waals surface area contributed by atoms with Gasteiger partial charge in [0.25, 0.3) is 0 Å². The molecule has 0 aliphatic carbocycles. The molecule has 9 heteroatoms. The van der Waals surface area contributed by atoms with E-state index in [4.69, 9.17) is 14.2 Å². The van der Waals surface area contributed by atoms with Crippen LogP contribution >= 0.6 is 0 Å². The van der Waals surface area contributed by atoms with E-state index in [1.165, 1.54) is 5.56 Å². The van der Waals surface area contributed by atoms with Crippen molar-refractivity contribution in [2.45, 2.75) is 6.92 Å². The fourth-order valence-electron chi connectivity index (χ4n) is 3.14. The minimum absolute atomic E-state index is 0.261. The number of hydrogen-bond donors (Lipinski definition) is 1. The molecule has 3 aromatic rings. The highest BCUT2D eigenvalue weighted by Gasteiger charge is 2.15. The largest absolute Gasteiger partial charge is 0.488 e. The first-order chi connectivity index (χ1) is 15.8. The van der Waals surface area contributed by atoms with Gasteiger partial charge in [0.2, 0.25) is 0 Å². The highest BCUT2D eigenvalue weighted by molar-refractivity contribution is 5.80. The third-order valence-corrected chi connectivity index (χ3v) is 4.68. The highest BCUT2D eigenvalue weighted by atomic mass is 16.5. The van der Waals surface area contributed by atoms with Crippen molar-refractivity contribution in [3.63, 3.8) is 0 Å². The van der Waals surface area contributed by atoms with Crippen LogP contribution in [0.5, 0.6) is 11.8 Å². The van der Waals surface area contributed by atoms with Crippen LogP contribution in [0.15, 0.2) is 60.0 Å². The smallest absolute Gasteiger partial charge is 0.320 e. The maximum atomic E-state index is 5.76. The Morgan fingerprint density at radius 3 is 2.78 bits per heavy atom. The van der Waals surface area contributed by atoms with Gasteiger partial charge in [0.1, 0.15) is 24.8 Å². The summed E-state index contributed by atoms with van der Waals surface area (Å²) in [6.07, 6.45) is 5.11. The zero-order valence-corrected chi connectivity index (χ0v) is 18.0. The fraction of sp³-hybridized carbons (Fsp3) is 0.304. The summed E-state index contributed by atoms with van der Waals surface area (Å²) in [6.45, 7) is 5.53. The first kappa shape index (κ1) is 21.5. The third-order valence-electron chi connectivity index (χ3n) is 4.68. The number of morpholine rings is 1. The molecule has 166 valence electrons. The number of hydrogen-bond acceptors (Lipinski definition) is 9. The number of hydrazone groups is 1. The highest BCUT2D eigenvalue weighted by Crippen LogP contribution is 2.20. The second kappa shape index (κ2) is 11.1. The van der Waals surface area contributed by atoms with Gasteiger partial charge >= 0.3 is 6.01 Å². The van der Waals surface area contributed by atoms with Gasteiger partial charge in [-0.1, -0.05) is 29.8 Å². The SMILES string of the molecule is Cc1cccc(/C=N/Nc2cc(N3CCOCC3)nc(OCCOc3cccnc3)n2)c1. The van der Waals surface area contributed by atoms with E-state index in [-0.39, 0.29) is 6.01 Å².